The maximum absolute atomic E-state index is 13.5. The monoisotopic (exact) mass is 501 g/mol. The zero-order chi connectivity index (χ0) is 25.7. The van der Waals surface area contributed by atoms with Crippen molar-refractivity contribution in [2.75, 3.05) is 44.7 Å². The minimum Gasteiger partial charge on any atom is -0.336 e. The highest BCUT2D eigenvalue weighted by atomic mass is 16.5. The SMILES string of the molecule is C[C@H]1CN(C)CCN1c1nccc(CC(=O)[C@@H]2CCNN2C(=O)[C@H](CC2CCCC2)CN(O)C=O)n1. The van der Waals surface area contributed by atoms with Crippen molar-refractivity contribution in [3.8, 4) is 0 Å². The average Bonchev–Trinajstić information content (AvgIpc) is 3.55. The molecule has 4 rings (SSSR count). The molecule has 36 heavy (non-hydrogen) atoms. The van der Waals surface area contributed by atoms with Gasteiger partial charge in [-0.3, -0.25) is 24.6 Å². The van der Waals surface area contributed by atoms with Crippen LogP contribution in [0, 0.1) is 11.8 Å². The van der Waals surface area contributed by atoms with E-state index in [2.05, 4.69) is 39.2 Å². The van der Waals surface area contributed by atoms with Gasteiger partial charge in [0.2, 0.25) is 18.3 Å². The zero-order valence-electron chi connectivity index (χ0n) is 21.4. The lowest BCUT2D eigenvalue weighted by atomic mass is 9.91. The zero-order valence-corrected chi connectivity index (χ0v) is 21.4. The van der Waals surface area contributed by atoms with Gasteiger partial charge in [-0.2, -0.15) is 0 Å². The summed E-state index contributed by atoms with van der Waals surface area (Å²) in [6.07, 6.45) is 7.62. The number of anilines is 1. The summed E-state index contributed by atoms with van der Waals surface area (Å²) in [4.78, 5) is 51.4. The molecule has 0 radical (unpaired) electrons. The number of likely N-dealkylation sites (N-methyl/N-ethyl adjacent to an activating group) is 1. The van der Waals surface area contributed by atoms with Crippen LogP contribution < -0.4 is 10.3 Å². The van der Waals surface area contributed by atoms with Crippen molar-refractivity contribution in [3.63, 3.8) is 0 Å². The van der Waals surface area contributed by atoms with E-state index in [1.54, 1.807) is 12.3 Å². The minimum absolute atomic E-state index is 0.0730. The van der Waals surface area contributed by atoms with Gasteiger partial charge in [-0.25, -0.2) is 20.5 Å². The van der Waals surface area contributed by atoms with Crippen LogP contribution in [0.15, 0.2) is 12.3 Å². The Bertz CT molecular complexity index is 925. The molecule has 2 aliphatic heterocycles. The van der Waals surface area contributed by atoms with Gasteiger partial charge in [0.15, 0.2) is 5.78 Å². The van der Waals surface area contributed by atoms with Crippen LogP contribution in [0.25, 0.3) is 0 Å². The van der Waals surface area contributed by atoms with Crippen LogP contribution in [0.4, 0.5) is 5.95 Å². The number of nitrogens with one attached hydrogen (secondary N) is 1. The summed E-state index contributed by atoms with van der Waals surface area (Å²) in [6.45, 7) is 5.27. The minimum atomic E-state index is -0.604. The van der Waals surface area contributed by atoms with Crippen LogP contribution in [0.3, 0.4) is 0 Å². The fourth-order valence-electron chi connectivity index (χ4n) is 5.82. The number of hydrazine groups is 1. The lowest BCUT2D eigenvalue weighted by Gasteiger charge is -2.38. The van der Waals surface area contributed by atoms with E-state index >= 15 is 0 Å². The fraction of sp³-hybridized carbons (Fsp3) is 0.720. The summed E-state index contributed by atoms with van der Waals surface area (Å²) in [5.74, 6) is 0.140. The Morgan fingerprint density at radius 3 is 2.78 bits per heavy atom. The van der Waals surface area contributed by atoms with Gasteiger partial charge in [0.1, 0.15) is 6.04 Å². The molecular weight excluding hydrogens is 462 g/mol. The molecule has 2 amide bonds. The fourth-order valence-corrected chi connectivity index (χ4v) is 5.82. The molecule has 0 bridgehead atoms. The second-order valence-electron chi connectivity index (χ2n) is 10.5. The van der Waals surface area contributed by atoms with E-state index in [-0.39, 0.29) is 30.7 Å². The summed E-state index contributed by atoms with van der Waals surface area (Å²) < 4.78 is 0. The number of carbonyl (C=O) groups is 3. The second kappa shape index (κ2) is 12.1. The van der Waals surface area contributed by atoms with Gasteiger partial charge in [-0.1, -0.05) is 25.7 Å². The van der Waals surface area contributed by atoms with Crippen molar-refractivity contribution in [3.05, 3.63) is 18.0 Å². The average molecular weight is 502 g/mol. The third-order valence-electron chi connectivity index (χ3n) is 7.74. The number of rotatable bonds is 10. The molecule has 3 atom stereocenters. The number of carbonyl (C=O) groups excluding carboxylic acids is 3. The molecule has 11 heteroatoms. The highest BCUT2D eigenvalue weighted by molar-refractivity contribution is 5.91. The normalized spacial score (nSPS) is 24.2. The largest absolute Gasteiger partial charge is 0.336 e. The molecule has 0 aromatic carbocycles. The van der Waals surface area contributed by atoms with Gasteiger partial charge in [-0.15, -0.1) is 0 Å². The lowest BCUT2D eigenvalue weighted by molar-refractivity contribution is -0.159. The Kier molecular flexibility index (Phi) is 8.86. The van der Waals surface area contributed by atoms with E-state index in [0.29, 0.717) is 48.4 Å². The van der Waals surface area contributed by atoms with E-state index in [9.17, 15) is 19.6 Å². The third-order valence-corrected chi connectivity index (χ3v) is 7.74. The number of hydroxylamine groups is 2. The molecule has 3 heterocycles. The van der Waals surface area contributed by atoms with E-state index in [4.69, 9.17) is 0 Å². The molecule has 11 nitrogen and oxygen atoms in total. The summed E-state index contributed by atoms with van der Waals surface area (Å²) in [5.41, 5.74) is 3.71. The van der Waals surface area contributed by atoms with Gasteiger partial charge in [-0.05, 0) is 38.8 Å². The first-order valence-corrected chi connectivity index (χ1v) is 13.1. The summed E-state index contributed by atoms with van der Waals surface area (Å²) in [5, 5.41) is 11.8. The quantitative estimate of drug-likeness (QED) is 0.273. The second-order valence-corrected chi connectivity index (χ2v) is 10.5. The molecule has 1 aromatic heterocycles. The van der Waals surface area contributed by atoms with E-state index < -0.39 is 12.0 Å². The molecule has 198 valence electrons. The number of Topliss-reactive ketones (excluding diaryl/α,β-unsaturated/α-hetero) is 1. The first-order valence-electron chi connectivity index (χ1n) is 13.1. The van der Waals surface area contributed by atoms with Crippen molar-refractivity contribution in [2.45, 2.75) is 64.0 Å². The predicted octanol–water partition coefficient (Wildman–Crippen LogP) is 0.878. The molecule has 0 unspecified atom stereocenters. The maximum atomic E-state index is 13.5. The van der Waals surface area contributed by atoms with Crippen LogP contribution in [-0.4, -0.2) is 100 Å². The summed E-state index contributed by atoms with van der Waals surface area (Å²) in [6, 6.07) is 1.43. The molecular formula is C25H39N7O4. The number of nitrogens with zero attached hydrogens (tertiary/aromatic N) is 6. The van der Waals surface area contributed by atoms with Crippen molar-refractivity contribution in [1.82, 2.24) is 30.4 Å². The smallest absolute Gasteiger partial charge is 0.242 e. The molecule has 2 saturated heterocycles. The van der Waals surface area contributed by atoms with Crippen LogP contribution in [0.1, 0.15) is 51.1 Å². The van der Waals surface area contributed by atoms with E-state index in [1.807, 2.05) is 0 Å². The Labute approximate surface area is 212 Å². The lowest BCUT2D eigenvalue weighted by Crippen LogP contribution is -2.51. The molecule has 3 fully saturated rings. The third kappa shape index (κ3) is 6.37. The van der Waals surface area contributed by atoms with Gasteiger partial charge in [0, 0.05) is 38.4 Å². The Morgan fingerprint density at radius 1 is 1.28 bits per heavy atom. The van der Waals surface area contributed by atoms with Gasteiger partial charge in [0.05, 0.1) is 24.6 Å². The predicted molar refractivity (Wildman–Crippen MR) is 133 cm³/mol. The molecule has 1 aromatic rings. The van der Waals surface area contributed by atoms with Crippen molar-refractivity contribution in [2.24, 2.45) is 11.8 Å². The van der Waals surface area contributed by atoms with Gasteiger partial charge >= 0.3 is 0 Å². The van der Waals surface area contributed by atoms with Crippen molar-refractivity contribution >= 4 is 24.0 Å². The van der Waals surface area contributed by atoms with Gasteiger partial charge in [0.25, 0.3) is 0 Å². The summed E-state index contributed by atoms with van der Waals surface area (Å²) >= 11 is 0. The Balaban J connectivity index is 1.42. The van der Waals surface area contributed by atoms with Crippen molar-refractivity contribution in [1.29, 1.82) is 0 Å². The van der Waals surface area contributed by atoms with Crippen molar-refractivity contribution < 1.29 is 19.6 Å². The van der Waals surface area contributed by atoms with Crippen LogP contribution in [0.2, 0.25) is 0 Å². The van der Waals surface area contributed by atoms with Crippen LogP contribution in [0.5, 0.6) is 0 Å². The first-order chi connectivity index (χ1) is 17.4. The van der Waals surface area contributed by atoms with E-state index in [0.717, 1.165) is 45.3 Å². The van der Waals surface area contributed by atoms with Gasteiger partial charge < -0.3 is 9.80 Å². The molecule has 3 aliphatic rings. The first kappa shape index (κ1) is 26.4. The highest BCUT2D eigenvalue weighted by Gasteiger charge is 2.39. The number of piperazine rings is 1. The Hall–Kier alpha value is -2.63. The molecule has 2 N–H and O–H groups in total. The Morgan fingerprint density at radius 2 is 2.06 bits per heavy atom. The number of aromatic nitrogens is 2. The van der Waals surface area contributed by atoms with Crippen LogP contribution >= 0.6 is 0 Å². The highest BCUT2D eigenvalue weighted by Crippen LogP contribution is 2.32. The summed E-state index contributed by atoms with van der Waals surface area (Å²) in [7, 11) is 2.10. The number of amides is 2. The topological polar surface area (TPSA) is 122 Å². The molecule has 1 aliphatic carbocycles. The number of ketones is 1. The number of hydrogen-bond donors (Lipinski definition) is 2. The standard InChI is InChI=1S/C25H39N7O4/c1-18-15-29(2)11-12-31(18)25-26-9-7-21(28-25)14-23(34)22-8-10-27-32(22)24(35)20(16-30(36)17-33)13-19-5-3-4-6-19/h7,9,17-20,22,27,36H,3-6,8,10-16H2,1-2H3/t18-,20+,22-/m0/s1. The number of hydrogen-bond acceptors (Lipinski definition) is 9. The molecule has 1 saturated carbocycles. The van der Waals surface area contributed by atoms with E-state index in [1.165, 1.54) is 5.01 Å². The maximum Gasteiger partial charge on any atom is 0.242 e. The van der Waals surface area contributed by atoms with Crippen LogP contribution in [-0.2, 0) is 20.8 Å². The molecule has 0 spiro atoms.